The smallest absolute Gasteiger partial charge is 0.307 e. The van der Waals surface area contributed by atoms with Crippen LogP contribution in [0.15, 0.2) is 0 Å². The van der Waals surface area contributed by atoms with Crippen LogP contribution in [-0.4, -0.2) is 33.5 Å². The molecule has 0 aromatic rings. The Kier molecular flexibility index (Phi) is 3.82. The van der Waals surface area contributed by atoms with Crippen LogP contribution in [0.2, 0.25) is 0 Å². The molecule has 0 aromatic carbocycles. The zero-order valence-electron chi connectivity index (χ0n) is 14.9. The summed E-state index contributed by atoms with van der Waals surface area (Å²) in [5.74, 6) is 0.840. The van der Waals surface area contributed by atoms with Gasteiger partial charge in [-0.1, -0.05) is 13.8 Å². The van der Waals surface area contributed by atoms with Gasteiger partial charge in [0.25, 0.3) is 0 Å². The fourth-order valence-electron chi connectivity index (χ4n) is 7.61. The SMILES string of the molecule is CC12CC[C@@H](O)CC1CCC1C2CC(O)C2(C)C(C(=O)O)CCC12. The fourth-order valence-corrected chi connectivity index (χ4v) is 7.61. The maximum atomic E-state index is 11.8. The maximum Gasteiger partial charge on any atom is 0.307 e. The van der Waals surface area contributed by atoms with Crippen LogP contribution in [0.3, 0.4) is 0 Å². The molecule has 4 saturated carbocycles. The van der Waals surface area contributed by atoms with Crippen LogP contribution >= 0.6 is 0 Å². The van der Waals surface area contributed by atoms with Crippen LogP contribution in [0.4, 0.5) is 0 Å². The molecule has 0 bridgehead atoms. The minimum absolute atomic E-state index is 0.152. The molecule has 0 spiro atoms. The summed E-state index contributed by atoms with van der Waals surface area (Å²) in [4.78, 5) is 11.8. The minimum Gasteiger partial charge on any atom is -0.481 e. The average Bonchev–Trinajstić information content (AvgIpc) is 2.88. The van der Waals surface area contributed by atoms with Gasteiger partial charge in [0.15, 0.2) is 0 Å². The van der Waals surface area contributed by atoms with Crippen LogP contribution in [0, 0.1) is 40.4 Å². The van der Waals surface area contributed by atoms with Crippen molar-refractivity contribution in [3.05, 3.63) is 0 Å². The first-order chi connectivity index (χ1) is 11.3. The number of aliphatic carboxylic acids is 1. The van der Waals surface area contributed by atoms with E-state index in [0.29, 0.717) is 23.7 Å². The number of aliphatic hydroxyl groups excluding tert-OH is 2. The van der Waals surface area contributed by atoms with E-state index in [1.165, 1.54) is 0 Å². The van der Waals surface area contributed by atoms with E-state index in [4.69, 9.17) is 0 Å². The number of carboxylic acids is 1. The van der Waals surface area contributed by atoms with Crippen molar-refractivity contribution < 1.29 is 20.1 Å². The number of carbonyl (C=O) groups is 1. The minimum atomic E-state index is -0.724. The van der Waals surface area contributed by atoms with Crippen molar-refractivity contribution in [1.29, 1.82) is 0 Å². The van der Waals surface area contributed by atoms with E-state index in [-0.39, 0.29) is 11.5 Å². The van der Waals surface area contributed by atoms with E-state index >= 15 is 0 Å². The Hall–Kier alpha value is -0.610. The van der Waals surface area contributed by atoms with Gasteiger partial charge in [-0.3, -0.25) is 4.79 Å². The van der Waals surface area contributed by atoms with Crippen molar-refractivity contribution in [2.24, 2.45) is 40.4 Å². The average molecular weight is 336 g/mol. The van der Waals surface area contributed by atoms with Crippen LogP contribution in [0.5, 0.6) is 0 Å². The van der Waals surface area contributed by atoms with Crippen molar-refractivity contribution in [3.8, 4) is 0 Å². The monoisotopic (exact) mass is 336 g/mol. The molecule has 0 aliphatic heterocycles. The second-order valence-electron chi connectivity index (χ2n) is 9.67. The molecular weight excluding hydrogens is 304 g/mol. The van der Waals surface area contributed by atoms with Gasteiger partial charge in [0.1, 0.15) is 0 Å². The number of aliphatic hydroxyl groups is 2. The highest BCUT2D eigenvalue weighted by atomic mass is 16.4. The molecule has 0 saturated heterocycles. The van der Waals surface area contributed by atoms with Gasteiger partial charge in [0.05, 0.1) is 18.1 Å². The molecule has 136 valence electrons. The lowest BCUT2D eigenvalue weighted by Gasteiger charge is -2.61. The molecule has 0 amide bonds. The molecule has 4 aliphatic carbocycles. The molecule has 8 unspecified atom stereocenters. The highest BCUT2D eigenvalue weighted by Gasteiger charge is 2.64. The third kappa shape index (κ3) is 2.08. The molecule has 0 radical (unpaired) electrons. The first-order valence-corrected chi connectivity index (χ1v) is 9.87. The molecule has 9 atom stereocenters. The Bertz CT molecular complexity index is 534. The lowest BCUT2D eigenvalue weighted by Crippen LogP contribution is -2.59. The second-order valence-corrected chi connectivity index (χ2v) is 9.67. The standard InChI is InChI=1S/C20H32O4/c1-19-8-7-12(21)9-11(19)3-4-13-14-5-6-15(18(23)24)20(14,2)17(22)10-16(13)19/h11-17,21-22H,3-10H2,1-2H3,(H,23,24)/t11?,12-,13?,14?,15?,16?,17?,19?,20?/m1/s1. The Morgan fingerprint density at radius 2 is 1.71 bits per heavy atom. The maximum absolute atomic E-state index is 11.8. The van der Waals surface area contributed by atoms with Gasteiger partial charge < -0.3 is 15.3 Å². The van der Waals surface area contributed by atoms with Crippen LogP contribution < -0.4 is 0 Å². The molecule has 0 heterocycles. The van der Waals surface area contributed by atoms with E-state index in [0.717, 1.165) is 51.4 Å². The summed E-state index contributed by atoms with van der Waals surface area (Å²) in [6.07, 6.45) is 6.93. The molecule has 4 rings (SSSR count). The number of carboxylic acid groups (broad SMARTS) is 1. The molecule has 0 aromatic heterocycles. The lowest BCUT2D eigenvalue weighted by molar-refractivity contribution is -0.180. The van der Waals surface area contributed by atoms with E-state index in [9.17, 15) is 20.1 Å². The Balaban J connectivity index is 1.66. The summed E-state index contributed by atoms with van der Waals surface area (Å²) in [6, 6.07) is 0. The zero-order valence-corrected chi connectivity index (χ0v) is 14.9. The summed E-state index contributed by atoms with van der Waals surface area (Å²) in [5, 5.41) is 30.8. The van der Waals surface area contributed by atoms with Gasteiger partial charge in [-0.25, -0.2) is 0 Å². The van der Waals surface area contributed by atoms with Gasteiger partial charge in [-0.05, 0) is 80.5 Å². The predicted octanol–water partition coefficient (Wildman–Crippen LogP) is 3.06. The summed E-state index contributed by atoms with van der Waals surface area (Å²) in [6.45, 7) is 4.43. The molecule has 3 N–H and O–H groups in total. The highest BCUT2D eigenvalue weighted by Crippen LogP contribution is 2.67. The van der Waals surface area contributed by atoms with Crippen LogP contribution in [0.25, 0.3) is 0 Å². The third-order valence-corrected chi connectivity index (χ3v) is 9.04. The number of hydrogen-bond donors (Lipinski definition) is 3. The number of rotatable bonds is 1. The van der Waals surface area contributed by atoms with Crippen LogP contribution in [-0.2, 0) is 4.79 Å². The Labute approximate surface area is 144 Å². The van der Waals surface area contributed by atoms with E-state index in [1.54, 1.807) is 0 Å². The molecule has 4 aliphatic rings. The van der Waals surface area contributed by atoms with Crippen molar-refractivity contribution in [2.45, 2.75) is 77.4 Å². The van der Waals surface area contributed by atoms with E-state index in [2.05, 4.69) is 6.92 Å². The quantitative estimate of drug-likeness (QED) is 0.688. The van der Waals surface area contributed by atoms with Crippen molar-refractivity contribution >= 4 is 5.97 Å². The molecule has 4 fully saturated rings. The Morgan fingerprint density at radius 3 is 2.42 bits per heavy atom. The summed E-state index contributed by atoms with van der Waals surface area (Å²) in [7, 11) is 0. The van der Waals surface area contributed by atoms with Crippen LogP contribution in [0.1, 0.15) is 65.2 Å². The lowest BCUT2D eigenvalue weighted by atomic mass is 9.44. The highest BCUT2D eigenvalue weighted by molar-refractivity contribution is 5.71. The van der Waals surface area contributed by atoms with Gasteiger partial charge in [0.2, 0.25) is 0 Å². The first kappa shape index (κ1) is 16.8. The van der Waals surface area contributed by atoms with Gasteiger partial charge in [0, 0.05) is 5.41 Å². The molecular formula is C20H32O4. The largest absolute Gasteiger partial charge is 0.481 e. The van der Waals surface area contributed by atoms with Gasteiger partial charge in [-0.2, -0.15) is 0 Å². The summed E-state index contributed by atoms with van der Waals surface area (Å²) in [5.41, 5.74) is -0.240. The van der Waals surface area contributed by atoms with Gasteiger partial charge >= 0.3 is 5.97 Å². The summed E-state index contributed by atoms with van der Waals surface area (Å²) < 4.78 is 0. The zero-order chi connectivity index (χ0) is 17.3. The third-order valence-electron chi connectivity index (χ3n) is 9.04. The molecule has 24 heavy (non-hydrogen) atoms. The van der Waals surface area contributed by atoms with E-state index in [1.807, 2.05) is 6.92 Å². The topological polar surface area (TPSA) is 77.8 Å². The number of fused-ring (bicyclic) bond motifs is 5. The van der Waals surface area contributed by atoms with Gasteiger partial charge in [-0.15, -0.1) is 0 Å². The first-order valence-electron chi connectivity index (χ1n) is 9.87. The summed E-state index contributed by atoms with van der Waals surface area (Å²) >= 11 is 0. The van der Waals surface area contributed by atoms with E-state index < -0.39 is 23.4 Å². The normalized spacial score (nSPS) is 56.9. The Morgan fingerprint density at radius 1 is 0.958 bits per heavy atom. The fraction of sp³-hybridized carbons (Fsp3) is 0.950. The van der Waals surface area contributed by atoms with Crippen molar-refractivity contribution in [3.63, 3.8) is 0 Å². The van der Waals surface area contributed by atoms with Crippen molar-refractivity contribution in [1.82, 2.24) is 0 Å². The molecule has 4 nitrogen and oxygen atoms in total. The molecule has 4 heteroatoms. The van der Waals surface area contributed by atoms with Crippen molar-refractivity contribution in [2.75, 3.05) is 0 Å². The predicted molar refractivity (Wildman–Crippen MR) is 90.2 cm³/mol. The second kappa shape index (κ2) is 5.44. The number of hydrogen-bond acceptors (Lipinski definition) is 3.